The molecule has 1 aliphatic carbocycles. The molecule has 0 spiro atoms. The molecule has 0 fully saturated rings. The monoisotopic (exact) mass is 323 g/mol. The fourth-order valence-electron chi connectivity index (χ4n) is 2.93. The smallest absolute Gasteiger partial charge is 0.142 e. The quantitative estimate of drug-likeness (QED) is 0.842. The largest absolute Gasteiger partial charge is 0.312 e. The van der Waals surface area contributed by atoms with E-state index in [1.54, 1.807) is 17.0 Å². The Morgan fingerprint density at radius 3 is 2.81 bits per heavy atom. The number of halogens is 2. The minimum atomic E-state index is -0.338. The van der Waals surface area contributed by atoms with E-state index in [-0.39, 0.29) is 16.9 Å². The first kappa shape index (κ1) is 15.0. The average molecular weight is 324 g/mol. The first-order valence-corrected chi connectivity index (χ1v) is 8.59. The fraction of sp³-hybridized carbons (Fsp3) is 0.412. The molecule has 21 heavy (non-hydrogen) atoms. The van der Waals surface area contributed by atoms with Gasteiger partial charge in [0, 0.05) is 15.8 Å². The molecule has 4 heteroatoms. The lowest BCUT2D eigenvalue weighted by Crippen LogP contribution is -2.17. The van der Waals surface area contributed by atoms with E-state index in [0.717, 1.165) is 12.0 Å². The zero-order valence-corrected chi connectivity index (χ0v) is 13.7. The summed E-state index contributed by atoms with van der Waals surface area (Å²) >= 11 is 7.66. The van der Waals surface area contributed by atoms with Crippen LogP contribution >= 0.6 is 22.9 Å². The van der Waals surface area contributed by atoms with E-state index < -0.39 is 0 Å². The molecule has 0 saturated carbocycles. The van der Waals surface area contributed by atoms with Crippen molar-refractivity contribution in [3.8, 4) is 0 Å². The molecule has 1 atom stereocenters. The van der Waals surface area contributed by atoms with Crippen LogP contribution in [0.5, 0.6) is 0 Å². The summed E-state index contributed by atoms with van der Waals surface area (Å²) in [6.45, 7) is 0. The van der Waals surface area contributed by atoms with Gasteiger partial charge in [0.25, 0.3) is 0 Å². The zero-order valence-electron chi connectivity index (χ0n) is 12.1. The molecule has 0 bridgehead atoms. The molecule has 0 saturated heterocycles. The molecule has 0 radical (unpaired) electrons. The second-order valence-electron chi connectivity index (χ2n) is 5.60. The van der Waals surface area contributed by atoms with Gasteiger partial charge in [0.05, 0.1) is 5.02 Å². The Hall–Kier alpha value is -0.900. The number of benzene rings is 1. The van der Waals surface area contributed by atoms with Crippen LogP contribution in [0.3, 0.4) is 0 Å². The molecule has 1 aromatic heterocycles. The predicted octanol–water partition coefficient (Wildman–Crippen LogP) is 4.92. The van der Waals surface area contributed by atoms with E-state index in [4.69, 9.17) is 11.6 Å². The Labute approximate surface area is 134 Å². The van der Waals surface area contributed by atoms with Crippen molar-refractivity contribution in [1.82, 2.24) is 5.32 Å². The highest BCUT2D eigenvalue weighted by Crippen LogP contribution is 2.34. The number of likely N-dealkylation sites (N-methyl/N-ethyl adjacent to an activating group) is 1. The maximum Gasteiger partial charge on any atom is 0.142 e. The van der Waals surface area contributed by atoms with Crippen molar-refractivity contribution in [3.63, 3.8) is 0 Å². The van der Waals surface area contributed by atoms with Gasteiger partial charge < -0.3 is 5.32 Å². The number of hydrogen-bond acceptors (Lipinski definition) is 2. The lowest BCUT2D eigenvalue weighted by molar-refractivity contribution is 0.591. The highest BCUT2D eigenvalue weighted by molar-refractivity contribution is 7.12. The van der Waals surface area contributed by atoms with E-state index in [0.29, 0.717) is 0 Å². The Morgan fingerprint density at radius 2 is 2.10 bits per heavy atom. The van der Waals surface area contributed by atoms with Crippen LogP contribution in [0, 0.1) is 5.82 Å². The standard InChI is InChI=1S/C17H19ClFNS/c1-20-15(9-11-6-7-13(18)14(19)8-11)17-10-12-4-2-3-5-16(12)21-17/h6-8,10,15,20H,2-5,9H2,1H3. The third-order valence-corrected chi connectivity index (χ3v) is 5.79. The highest BCUT2D eigenvalue weighted by atomic mass is 35.5. The van der Waals surface area contributed by atoms with Crippen molar-refractivity contribution >= 4 is 22.9 Å². The van der Waals surface area contributed by atoms with Crippen LogP contribution in [0.1, 0.15) is 39.8 Å². The molecule has 2 aromatic rings. The summed E-state index contributed by atoms with van der Waals surface area (Å²) in [6.07, 6.45) is 5.81. The average Bonchev–Trinajstić information content (AvgIpc) is 2.92. The van der Waals surface area contributed by atoms with Gasteiger partial charge in [-0.15, -0.1) is 11.3 Å². The Morgan fingerprint density at radius 1 is 1.29 bits per heavy atom. The summed E-state index contributed by atoms with van der Waals surface area (Å²) in [5.74, 6) is -0.338. The minimum absolute atomic E-state index is 0.186. The minimum Gasteiger partial charge on any atom is -0.312 e. The van der Waals surface area contributed by atoms with E-state index in [2.05, 4.69) is 11.4 Å². The molecule has 112 valence electrons. The summed E-state index contributed by atoms with van der Waals surface area (Å²) in [4.78, 5) is 2.90. The Balaban J connectivity index is 1.81. The van der Waals surface area contributed by atoms with E-state index in [1.165, 1.54) is 36.1 Å². The van der Waals surface area contributed by atoms with E-state index >= 15 is 0 Å². The van der Waals surface area contributed by atoms with Crippen LogP contribution in [0.25, 0.3) is 0 Å². The van der Waals surface area contributed by atoms with Gasteiger partial charge in [0.15, 0.2) is 0 Å². The molecule has 3 rings (SSSR count). The molecule has 1 unspecified atom stereocenters. The van der Waals surface area contributed by atoms with Crippen molar-refractivity contribution in [2.45, 2.75) is 38.1 Å². The van der Waals surface area contributed by atoms with Gasteiger partial charge in [-0.1, -0.05) is 17.7 Å². The summed E-state index contributed by atoms with van der Waals surface area (Å²) in [5, 5.41) is 3.55. The van der Waals surface area contributed by atoms with Crippen molar-refractivity contribution < 1.29 is 4.39 Å². The molecule has 1 aliphatic rings. The van der Waals surface area contributed by atoms with Crippen molar-refractivity contribution in [1.29, 1.82) is 0 Å². The summed E-state index contributed by atoms with van der Waals surface area (Å²) in [5.41, 5.74) is 2.49. The van der Waals surface area contributed by atoms with Crippen LogP contribution in [0.2, 0.25) is 5.02 Å². The lowest BCUT2D eigenvalue weighted by Gasteiger charge is -2.15. The maximum absolute atomic E-state index is 13.6. The van der Waals surface area contributed by atoms with Crippen molar-refractivity contribution in [2.75, 3.05) is 7.05 Å². The first-order chi connectivity index (χ1) is 10.2. The second-order valence-corrected chi connectivity index (χ2v) is 7.17. The van der Waals surface area contributed by atoms with Crippen LogP contribution in [-0.4, -0.2) is 7.05 Å². The van der Waals surface area contributed by atoms with Gasteiger partial charge in [-0.3, -0.25) is 0 Å². The number of hydrogen-bond donors (Lipinski definition) is 1. The summed E-state index contributed by atoms with van der Waals surface area (Å²) in [6, 6.07) is 7.66. The Kier molecular flexibility index (Phi) is 4.63. The third-order valence-electron chi connectivity index (χ3n) is 4.13. The maximum atomic E-state index is 13.6. The Bertz CT molecular complexity index is 614. The predicted molar refractivity (Wildman–Crippen MR) is 87.9 cm³/mol. The van der Waals surface area contributed by atoms with E-state index in [9.17, 15) is 4.39 Å². The summed E-state index contributed by atoms with van der Waals surface area (Å²) < 4.78 is 13.6. The number of rotatable bonds is 4. The van der Waals surface area contributed by atoms with Crippen LogP contribution in [0.15, 0.2) is 24.3 Å². The van der Waals surface area contributed by atoms with Crippen molar-refractivity contribution in [2.24, 2.45) is 0 Å². The molecular weight excluding hydrogens is 305 g/mol. The molecule has 1 heterocycles. The number of nitrogens with one attached hydrogen (secondary N) is 1. The van der Waals surface area contributed by atoms with Gasteiger partial charge in [0.1, 0.15) is 5.82 Å². The lowest BCUT2D eigenvalue weighted by atomic mass is 9.98. The zero-order chi connectivity index (χ0) is 14.8. The second kappa shape index (κ2) is 6.47. The van der Waals surface area contributed by atoms with Crippen LogP contribution < -0.4 is 5.32 Å². The van der Waals surface area contributed by atoms with Gasteiger partial charge >= 0.3 is 0 Å². The SMILES string of the molecule is CNC(Cc1ccc(Cl)c(F)c1)c1cc2c(s1)CCCC2. The van der Waals surface area contributed by atoms with E-state index in [1.807, 2.05) is 24.5 Å². The van der Waals surface area contributed by atoms with Crippen LogP contribution in [0.4, 0.5) is 4.39 Å². The molecule has 1 aromatic carbocycles. The van der Waals surface area contributed by atoms with Crippen molar-refractivity contribution in [3.05, 3.63) is 56.0 Å². The molecule has 1 N–H and O–H groups in total. The molecule has 0 amide bonds. The van der Waals surface area contributed by atoms with Gasteiger partial charge in [-0.2, -0.15) is 0 Å². The summed E-state index contributed by atoms with van der Waals surface area (Å²) in [7, 11) is 1.97. The van der Waals surface area contributed by atoms with Gasteiger partial charge in [0.2, 0.25) is 0 Å². The first-order valence-electron chi connectivity index (χ1n) is 7.40. The number of fused-ring (bicyclic) bond motifs is 1. The third kappa shape index (κ3) is 3.31. The topological polar surface area (TPSA) is 12.0 Å². The van der Waals surface area contributed by atoms with Gasteiger partial charge in [-0.25, -0.2) is 4.39 Å². The number of aryl methyl sites for hydroxylation is 2. The van der Waals surface area contributed by atoms with Crippen LogP contribution in [-0.2, 0) is 19.3 Å². The highest BCUT2D eigenvalue weighted by Gasteiger charge is 2.18. The molecule has 0 aliphatic heterocycles. The number of thiophene rings is 1. The molecule has 1 nitrogen and oxygen atoms in total. The fourth-order valence-corrected chi connectivity index (χ4v) is 4.42. The normalized spacial score (nSPS) is 15.8. The van der Waals surface area contributed by atoms with Gasteiger partial charge in [-0.05, 0) is 68.5 Å². The molecular formula is C17H19ClFNS.